The number of esters is 1. The monoisotopic (exact) mass is 249 g/mol. The molecule has 4 heteroatoms. The van der Waals surface area contributed by atoms with Gasteiger partial charge < -0.3 is 9.47 Å². The van der Waals surface area contributed by atoms with E-state index >= 15 is 0 Å². The maximum atomic E-state index is 11.9. The molecule has 1 fully saturated rings. The number of nitrogens with zero attached hydrogens (tertiary/aromatic N) is 1. The summed E-state index contributed by atoms with van der Waals surface area (Å²) in [7, 11) is 0. The van der Waals surface area contributed by atoms with Crippen LogP contribution in [0.2, 0.25) is 0 Å². The molecule has 1 heterocycles. The first-order valence-electron chi connectivity index (χ1n) is 6.30. The number of hydrogen-bond donors (Lipinski definition) is 0. The van der Waals surface area contributed by atoms with Gasteiger partial charge in [-0.25, -0.2) is 0 Å². The van der Waals surface area contributed by atoms with Crippen molar-refractivity contribution in [2.24, 2.45) is 0 Å². The van der Waals surface area contributed by atoms with Crippen LogP contribution in [0.5, 0.6) is 0 Å². The van der Waals surface area contributed by atoms with E-state index in [1.165, 1.54) is 0 Å². The lowest BCUT2D eigenvalue weighted by molar-refractivity contribution is -0.152. The van der Waals surface area contributed by atoms with E-state index < -0.39 is 0 Å². The Kier molecular flexibility index (Phi) is 4.73. The van der Waals surface area contributed by atoms with Crippen LogP contribution in [0.4, 0.5) is 0 Å². The van der Waals surface area contributed by atoms with Crippen molar-refractivity contribution < 1.29 is 14.3 Å². The molecule has 1 aliphatic heterocycles. The van der Waals surface area contributed by atoms with Gasteiger partial charge in [-0.05, 0) is 12.5 Å². The zero-order valence-electron chi connectivity index (χ0n) is 10.7. The number of hydrogen-bond acceptors (Lipinski definition) is 4. The predicted octanol–water partition coefficient (Wildman–Crippen LogP) is 1.45. The molecule has 1 atom stereocenters. The van der Waals surface area contributed by atoms with Crippen molar-refractivity contribution in [2.75, 3.05) is 26.3 Å². The predicted molar refractivity (Wildman–Crippen MR) is 68.1 cm³/mol. The Morgan fingerprint density at radius 2 is 2.00 bits per heavy atom. The molecule has 0 amide bonds. The van der Waals surface area contributed by atoms with Crippen LogP contribution in [-0.4, -0.2) is 43.2 Å². The van der Waals surface area contributed by atoms with Gasteiger partial charge in [-0.1, -0.05) is 30.3 Å². The molecule has 0 N–H and O–H groups in total. The van der Waals surface area contributed by atoms with E-state index in [1.807, 2.05) is 37.3 Å². The molecule has 0 bridgehead atoms. The summed E-state index contributed by atoms with van der Waals surface area (Å²) in [4.78, 5) is 14.0. The average molecular weight is 249 g/mol. The van der Waals surface area contributed by atoms with Gasteiger partial charge in [-0.15, -0.1) is 0 Å². The Labute approximate surface area is 107 Å². The summed E-state index contributed by atoms with van der Waals surface area (Å²) in [5.41, 5.74) is 1.01. The molecule has 1 aliphatic rings. The lowest BCUT2D eigenvalue weighted by atomic mass is 10.2. The molecule has 1 aromatic carbocycles. The third kappa shape index (κ3) is 3.55. The van der Waals surface area contributed by atoms with E-state index in [1.54, 1.807) is 0 Å². The third-order valence-corrected chi connectivity index (χ3v) is 3.16. The molecule has 0 spiro atoms. The Bertz CT molecular complexity index is 374. The van der Waals surface area contributed by atoms with Crippen LogP contribution < -0.4 is 0 Å². The molecule has 2 rings (SSSR count). The van der Waals surface area contributed by atoms with Crippen LogP contribution in [0.1, 0.15) is 12.5 Å². The number of morpholine rings is 1. The van der Waals surface area contributed by atoms with Crippen LogP contribution in [0.25, 0.3) is 0 Å². The summed E-state index contributed by atoms with van der Waals surface area (Å²) in [6, 6.07) is 9.53. The molecular weight excluding hydrogens is 230 g/mol. The van der Waals surface area contributed by atoms with Crippen LogP contribution >= 0.6 is 0 Å². The fourth-order valence-corrected chi connectivity index (χ4v) is 1.96. The highest BCUT2D eigenvalue weighted by molar-refractivity contribution is 5.75. The van der Waals surface area contributed by atoms with Gasteiger partial charge in [0, 0.05) is 13.1 Å². The Morgan fingerprint density at radius 1 is 1.33 bits per heavy atom. The second-order valence-corrected chi connectivity index (χ2v) is 4.42. The van der Waals surface area contributed by atoms with Crippen molar-refractivity contribution in [3.63, 3.8) is 0 Å². The summed E-state index contributed by atoms with van der Waals surface area (Å²) >= 11 is 0. The summed E-state index contributed by atoms with van der Waals surface area (Å²) in [6.45, 7) is 5.20. The molecule has 0 aromatic heterocycles. The lowest BCUT2D eigenvalue weighted by Crippen LogP contribution is -2.46. The minimum atomic E-state index is -0.197. The van der Waals surface area contributed by atoms with E-state index in [9.17, 15) is 4.79 Å². The number of carbonyl (C=O) groups excluding carboxylic acids is 1. The van der Waals surface area contributed by atoms with Crippen LogP contribution in [0, 0.1) is 0 Å². The fraction of sp³-hybridized carbons (Fsp3) is 0.500. The van der Waals surface area contributed by atoms with E-state index in [2.05, 4.69) is 4.90 Å². The highest BCUT2D eigenvalue weighted by Crippen LogP contribution is 2.07. The van der Waals surface area contributed by atoms with Crippen LogP contribution in [0.3, 0.4) is 0 Å². The number of ether oxygens (including phenoxy) is 2. The lowest BCUT2D eigenvalue weighted by Gasteiger charge is -2.30. The Balaban J connectivity index is 1.80. The molecule has 98 valence electrons. The first kappa shape index (κ1) is 13.1. The highest BCUT2D eigenvalue weighted by atomic mass is 16.5. The summed E-state index contributed by atoms with van der Waals surface area (Å²) in [5.74, 6) is -0.166. The van der Waals surface area contributed by atoms with Gasteiger partial charge in [0.25, 0.3) is 0 Å². The van der Waals surface area contributed by atoms with Gasteiger partial charge in [0.15, 0.2) is 0 Å². The van der Waals surface area contributed by atoms with E-state index in [0.717, 1.165) is 18.7 Å². The Morgan fingerprint density at radius 3 is 2.67 bits per heavy atom. The SMILES string of the molecule is CC(C(=O)OCc1ccccc1)N1CCOCC1. The molecule has 0 aliphatic carbocycles. The van der Waals surface area contributed by atoms with Crippen molar-refractivity contribution >= 4 is 5.97 Å². The Hall–Kier alpha value is -1.39. The highest BCUT2D eigenvalue weighted by Gasteiger charge is 2.24. The molecular formula is C14H19NO3. The molecule has 0 radical (unpaired) electrons. The van der Waals surface area contributed by atoms with Crippen molar-refractivity contribution in [2.45, 2.75) is 19.6 Å². The third-order valence-electron chi connectivity index (χ3n) is 3.16. The van der Waals surface area contributed by atoms with Crippen molar-refractivity contribution in [3.8, 4) is 0 Å². The second kappa shape index (κ2) is 6.52. The minimum absolute atomic E-state index is 0.166. The van der Waals surface area contributed by atoms with E-state index in [0.29, 0.717) is 19.8 Å². The van der Waals surface area contributed by atoms with Crippen molar-refractivity contribution in [1.82, 2.24) is 4.90 Å². The summed E-state index contributed by atoms with van der Waals surface area (Å²) < 4.78 is 10.6. The fourth-order valence-electron chi connectivity index (χ4n) is 1.96. The molecule has 18 heavy (non-hydrogen) atoms. The van der Waals surface area contributed by atoms with E-state index in [-0.39, 0.29) is 12.0 Å². The van der Waals surface area contributed by atoms with Gasteiger partial charge in [0.1, 0.15) is 12.6 Å². The van der Waals surface area contributed by atoms with Gasteiger partial charge in [0.2, 0.25) is 0 Å². The zero-order chi connectivity index (χ0) is 12.8. The average Bonchev–Trinajstić information content (AvgIpc) is 2.46. The topological polar surface area (TPSA) is 38.8 Å². The quantitative estimate of drug-likeness (QED) is 0.757. The van der Waals surface area contributed by atoms with Crippen LogP contribution in [0.15, 0.2) is 30.3 Å². The van der Waals surface area contributed by atoms with Gasteiger partial charge in [-0.3, -0.25) is 9.69 Å². The smallest absolute Gasteiger partial charge is 0.323 e. The van der Waals surface area contributed by atoms with Gasteiger partial charge in [0.05, 0.1) is 13.2 Å². The van der Waals surface area contributed by atoms with Crippen molar-refractivity contribution in [3.05, 3.63) is 35.9 Å². The molecule has 4 nitrogen and oxygen atoms in total. The maximum Gasteiger partial charge on any atom is 0.323 e. The zero-order valence-corrected chi connectivity index (χ0v) is 10.7. The molecule has 1 aromatic rings. The first-order valence-corrected chi connectivity index (χ1v) is 6.30. The number of rotatable bonds is 4. The minimum Gasteiger partial charge on any atom is -0.460 e. The molecule has 0 saturated carbocycles. The normalized spacial score (nSPS) is 18.3. The van der Waals surface area contributed by atoms with Gasteiger partial charge >= 0.3 is 5.97 Å². The molecule has 1 unspecified atom stereocenters. The molecule has 1 saturated heterocycles. The summed E-state index contributed by atoms with van der Waals surface area (Å²) in [5, 5.41) is 0. The number of carbonyl (C=O) groups is 1. The van der Waals surface area contributed by atoms with Gasteiger partial charge in [-0.2, -0.15) is 0 Å². The number of benzene rings is 1. The largest absolute Gasteiger partial charge is 0.460 e. The second-order valence-electron chi connectivity index (χ2n) is 4.42. The van der Waals surface area contributed by atoms with E-state index in [4.69, 9.17) is 9.47 Å². The maximum absolute atomic E-state index is 11.9. The van der Waals surface area contributed by atoms with Crippen LogP contribution in [-0.2, 0) is 20.9 Å². The first-order chi connectivity index (χ1) is 8.77. The summed E-state index contributed by atoms with van der Waals surface area (Å²) in [6.07, 6.45) is 0. The standard InChI is InChI=1S/C14H19NO3/c1-12(15-7-9-17-10-8-15)14(16)18-11-13-5-3-2-4-6-13/h2-6,12H,7-11H2,1H3. The van der Waals surface area contributed by atoms with Crippen molar-refractivity contribution in [1.29, 1.82) is 0 Å².